The van der Waals surface area contributed by atoms with Crippen LogP contribution in [0.2, 0.25) is 0 Å². The molecule has 2 N–H and O–H groups in total. The van der Waals surface area contributed by atoms with Crippen LogP contribution in [0.4, 0.5) is 4.79 Å². The zero-order valence-corrected chi connectivity index (χ0v) is 8.31. The minimum atomic E-state index is -0.0437. The van der Waals surface area contributed by atoms with Gasteiger partial charge in [-0.15, -0.1) is 0 Å². The van der Waals surface area contributed by atoms with Gasteiger partial charge in [-0.3, -0.25) is 0 Å². The highest BCUT2D eigenvalue weighted by atomic mass is 16.2. The van der Waals surface area contributed by atoms with Gasteiger partial charge in [-0.25, -0.2) is 4.79 Å². The summed E-state index contributed by atoms with van der Waals surface area (Å²) < 4.78 is 0. The normalized spacial score (nSPS) is 12.2. The molecular formula is C9H20N2O. The molecule has 3 nitrogen and oxygen atoms in total. The van der Waals surface area contributed by atoms with Crippen molar-refractivity contribution in [1.29, 1.82) is 0 Å². The zero-order chi connectivity index (χ0) is 9.40. The molecule has 0 saturated carbocycles. The first-order valence-corrected chi connectivity index (χ1v) is 4.75. The van der Waals surface area contributed by atoms with E-state index in [0.29, 0.717) is 0 Å². The molecule has 0 aromatic rings. The fourth-order valence-corrected chi connectivity index (χ4v) is 1.02. The van der Waals surface area contributed by atoms with Crippen LogP contribution in [0.3, 0.4) is 0 Å². The van der Waals surface area contributed by atoms with E-state index < -0.39 is 0 Å². The summed E-state index contributed by atoms with van der Waals surface area (Å²) in [5, 5.41) is 5.64. The van der Waals surface area contributed by atoms with Gasteiger partial charge < -0.3 is 10.6 Å². The summed E-state index contributed by atoms with van der Waals surface area (Å²) in [6, 6.07) is 0.240. The van der Waals surface area contributed by atoms with Crippen LogP contribution in [0.25, 0.3) is 0 Å². The third-order valence-electron chi connectivity index (χ3n) is 1.63. The first-order chi connectivity index (χ1) is 5.70. The van der Waals surface area contributed by atoms with Gasteiger partial charge in [0.15, 0.2) is 0 Å². The van der Waals surface area contributed by atoms with Gasteiger partial charge in [0, 0.05) is 12.6 Å². The predicted molar refractivity (Wildman–Crippen MR) is 51.2 cm³/mol. The zero-order valence-electron chi connectivity index (χ0n) is 8.31. The molecular weight excluding hydrogens is 152 g/mol. The van der Waals surface area contributed by atoms with Crippen molar-refractivity contribution in [2.75, 3.05) is 6.54 Å². The molecule has 3 heteroatoms. The molecule has 0 rings (SSSR count). The molecule has 0 radical (unpaired) electrons. The van der Waals surface area contributed by atoms with Gasteiger partial charge in [0.05, 0.1) is 0 Å². The van der Waals surface area contributed by atoms with Gasteiger partial charge in [0.25, 0.3) is 0 Å². The van der Waals surface area contributed by atoms with Crippen LogP contribution >= 0.6 is 0 Å². The van der Waals surface area contributed by atoms with Gasteiger partial charge in [0.2, 0.25) is 0 Å². The number of nitrogens with one attached hydrogen (secondary N) is 2. The summed E-state index contributed by atoms with van der Waals surface area (Å²) in [6.07, 6.45) is 3.13. The van der Waals surface area contributed by atoms with Crippen LogP contribution < -0.4 is 10.6 Å². The summed E-state index contributed by atoms with van der Waals surface area (Å²) in [6.45, 7) is 6.93. The van der Waals surface area contributed by atoms with Crippen LogP contribution in [0.1, 0.15) is 40.0 Å². The third kappa shape index (κ3) is 6.01. The highest BCUT2D eigenvalue weighted by Crippen LogP contribution is 1.93. The van der Waals surface area contributed by atoms with Crippen molar-refractivity contribution in [3.8, 4) is 0 Å². The average molecular weight is 172 g/mol. The molecule has 0 aromatic carbocycles. The van der Waals surface area contributed by atoms with Crippen molar-refractivity contribution < 1.29 is 4.79 Å². The summed E-state index contributed by atoms with van der Waals surface area (Å²) in [7, 11) is 0. The largest absolute Gasteiger partial charge is 0.338 e. The van der Waals surface area contributed by atoms with E-state index in [9.17, 15) is 4.79 Å². The summed E-state index contributed by atoms with van der Waals surface area (Å²) >= 11 is 0. The number of hydrogen-bond donors (Lipinski definition) is 2. The van der Waals surface area contributed by atoms with E-state index in [1.807, 2.05) is 13.8 Å². The van der Waals surface area contributed by atoms with E-state index in [1.54, 1.807) is 0 Å². The smallest absolute Gasteiger partial charge is 0.314 e. The first kappa shape index (κ1) is 11.3. The molecule has 0 aliphatic rings. The highest BCUT2D eigenvalue weighted by Gasteiger charge is 2.03. The van der Waals surface area contributed by atoms with E-state index in [1.165, 1.54) is 0 Å². The lowest BCUT2D eigenvalue weighted by molar-refractivity contribution is 0.237. The topological polar surface area (TPSA) is 41.1 Å². The summed E-state index contributed by atoms with van der Waals surface area (Å²) in [5.74, 6) is 0. The number of rotatable bonds is 5. The van der Waals surface area contributed by atoms with Crippen molar-refractivity contribution in [2.45, 2.75) is 46.1 Å². The van der Waals surface area contributed by atoms with Gasteiger partial charge in [0.1, 0.15) is 0 Å². The van der Waals surface area contributed by atoms with Gasteiger partial charge in [-0.05, 0) is 19.8 Å². The van der Waals surface area contributed by atoms with E-state index in [0.717, 1.165) is 25.8 Å². The highest BCUT2D eigenvalue weighted by molar-refractivity contribution is 5.74. The van der Waals surface area contributed by atoms with Crippen LogP contribution in [-0.2, 0) is 0 Å². The minimum absolute atomic E-state index is 0.0437. The molecule has 1 atom stereocenters. The first-order valence-electron chi connectivity index (χ1n) is 4.75. The molecule has 0 bridgehead atoms. The van der Waals surface area contributed by atoms with Gasteiger partial charge in [-0.1, -0.05) is 20.3 Å². The van der Waals surface area contributed by atoms with E-state index in [4.69, 9.17) is 0 Å². The number of urea groups is 1. The van der Waals surface area contributed by atoms with E-state index >= 15 is 0 Å². The summed E-state index contributed by atoms with van der Waals surface area (Å²) in [4.78, 5) is 11.1. The average Bonchev–Trinajstić information content (AvgIpc) is 2.01. The molecule has 0 aliphatic carbocycles. The number of amides is 2. The minimum Gasteiger partial charge on any atom is -0.338 e. The second-order valence-corrected chi connectivity index (χ2v) is 3.09. The Labute approximate surface area is 74.9 Å². The van der Waals surface area contributed by atoms with Gasteiger partial charge in [-0.2, -0.15) is 0 Å². The van der Waals surface area contributed by atoms with E-state index in [-0.39, 0.29) is 12.1 Å². The Morgan fingerprint density at radius 2 is 2.00 bits per heavy atom. The van der Waals surface area contributed by atoms with Crippen molar-refractivity contribution in [3.05, 3.63) is 0 Å². The van der Waals surface area contributed by atoms with E-state index in [2.05, 4.69) is 17.6 Å². The molecule has 0 unspecified atom stereocenters. The van der Waals surface area contributed by atoms with Crippen LogP contribution in [0, 0.1) is 0 Å². The predicted octanol–water partition coefficient (Wildman–Crippen LogP) is 1.88. The fourth-order valence-electron chi connectivity index (χ4n) is 1.02. The SMILES string of the molecule is CCCNC(=O)N[C@@H](C)CCC. The molecule has 12 heavy (non-hydrogen) atoms. The molecule has 2 amide bonds. The second kappa shape index (κ2) is 6.95. The van der Waals surface area contributed by atoms with Crippen LogP contribution in [0.15, 0.2) is 0 Å². The van der Waals surface area contributed by atoms with Crippen molar-refractivity contribution >= 4 is 6.03 Å². The Balaban J connectivity index is 3.40. The molecule has 0 aliphatic heterocycles. The molecule has 0 aromatic heterocycles. The quantitative estimate of drug-likeness (QED) is 0.653. The molecule has 0 spiro atoms. The fraction of sp³-hybridized carbons (Fsp3) is 0.889. The van der Waals surface area contributed by atoms with Gasteiger partial charge >= 0.3 is 6.03 Å². The lowest BCUT2D eigenvalue weighted by Gasteiger charge is -2.12. The molecule has 72 valence electrons. The van der Waals surface area contributed by atoms with Crippen molar-refractivity contribution in [2.24, 2.45) is 0 Å². The van der Waals surface area contributed by atoms with Crippen LogP contribution in [0.5, 0.6) is 0 Å². The number of carbonyl (C=O) groups excluding carboxylic acids is 1. The molecule has 0 saturated heterocycles. The maximum Gasteiger partial charge on any atom is 0.314 e. The Hall–Kier alpha value is -0.730. The Bertz CT molecular complexity index is 126. The van der Waals surface area contributed by atoms with Crippen molar-refractivity contribution in [1.82, 2.24) is 10.6 Å². The number of hydrogen-bond acceptors (Lipinski definition) is 1. The maximum absolute atomic E-state index is 11.1. The molecule has 0 fully saturated rings. The Kier molecular flexibility index (Phi) is 6.53. The maximum atomic E-state index is 11.1. The molecule has 0 heterocycles. The Morgan fingerprint density at radius 3 is 2.50 bits per heavy atom. The Morgan fingerprint density at radius 1 is 1.33 bits per heavy atom. The van der Waals surface area contributed by atoms with Crippen LogP contribution in [-0.4, -0.2) is 18.6 Å². The monoisotopic (exact) mass is 172 g/mol. The number of carbonyl (C=O) groups is 1. The standard InChI is InChI=1S/C9H20N2O/c1-4-6-8(3)11-9(12)10-7-5-2/h8H,4-7H2,1-3H3,(H2,10,11,12)/t8-/m0/s1. The van der Waals surface area contributed by atoms with Crippen molar-refractivity contribution in [3.63, 3.8) is 0 Å². The third-order valence-corrected chi connectivity index (χ3v) is 1.63. The lowest BCUT2D eigenvalue weighted by atomic mass is 10.2. The second-order valence-electron chi connectivity index (χ2n) is 3.09. The lowest BCUT2D eigenvalue weighted by Crippen LogP contribution is -2.40. The summed E-state index contributed by atoms with van der Waals surface area (Å²) in [5.41, 5.74) is 0.